The van der Waals surface area contributed by atoms with Crippen molar-refractivity contribution in [3.8, 4) is 0 Å². The van der Waals surface area contributed by atoms with Gasteiger partial charge in [0.2, 0.25) is 5.91 Å². The van der Waals surface area contributed by atoms with E-state index in [1.807, 2.05) is 31.9 Å². The minimum absolute atomic E-state index is 0.184. The van der Waals surface area contributed by atoms with E-state index in [9.17, 15) is 4.79 Å². The Balaban J connectivity index is 2.10. The average Bonchev–Trinajstić information content (AvgIpc) is 3.17. The molecule has 1 fully saturated rings. The summed E-state index contributed by atoms with van der Waals surface area (Å²) in [6.45, 7) is 7.15. The normalized spacial score (nSPS) is 14.6. The van der Waals surface area contributed by atoms with E-state index in [1.165, 1.54) is 18.4 Å². The van der Waals surface area contributed by atoms with E-state index in [4.69, 9.17) is 5.73 Å². The summed E-state index contributed by atoms with van der Waals surface area (Å²) in [6, 6.07) is 3.01. The molecule has 1 aliphatic carbocycles. The standard InChI is InChI=1S/C15H24N4O/c1-10(2)19(9-14(16)20)15-11(3)6-12(8-18-15)7-17-13-4-5-13/h6,8,10,13,17H,4-5,7,9H2,1-3H3,(H2,16,20). The first-order valence-electron chi connectivity index (χ1n) is 7.21. The molecule has 20 heavy (non-hydrogen) atoms. The van der Waals surface area contributed by atoms with Crippen molar-refractivity contribution in [1.29, 1.82) is 0 Å². The number of nitrogens with one attached hydrogen (secondary N) is 1. The Hall–Kier alpha value is -1.62. The first kappa shape index (κ1) is 14.8. The Morgan fingerprint density at radius 2 is 2.25 bits per heavy atom. The zero-order valence-electron chi connectivity index (χ0n) is 12.5. The molecule has 1 heterocycles. The van der Waals surface area contributed by atoms with E-state index in [2.05, 4.69) is 16.4 Å². The molecule has 0 bridgehead atoms. The number of pyridine rings is 1. The zero-order chi connectivity index (χ0) is 14.7. The molecular formula is C15H24N4O. The highest BCUT2D eigenvalue weighted by molar-refractivity contribution is 5.79. The van der Waals surface area contributed by atoms with Crippen molar-refractivity contribution in [2.24, 2.45) is 5.73 Å². The lowest BCUT2D eigenvalue weighted by Gasteiger charge is -2.28. The van der Waals surface area contributed by atoms with Gasteiger partial charge in [-0.2, -0.15) is 0 Å². The van der Waals surface area contributed by atoms with Gasteiger partial charge < -0.3 is 16.0 Å². The molecule has 2 rings (SSSR count). The number of nitrogens with two attached hydrogens (primary N) is 1. The van der Waals surface area contributed by atoms with Crippen LogP contribution in [-0.2, 0) is 11.3 Å². The van der Waals surface area contributed by atoms with Crippen LogP contribution in [0.2, 0.25) is 0 Å². The molecular weight excluding hydrogens is 252 g/mol. The van der Waals surface area contributed by atoms with Crippen LogP contribution in [0.5, 0.6) is 0 Å². The van der Waals surface area contributed by atoms with Crippen LogP contribution in [0.4, 0.5) is 5.82 Å². The van der Waals surface area contributed by atoms with E-state index in [0.717, 1.165) is 17.9 Å². The summed E-state index contributed by atoms with van der Waals surface area (Å²) in [7, 11) is 0. The Bertz CT molecular complexity index is 483. The van der Waals surface area contributed by atoms with Gasteiger partial charge in [-0.1, -0.05) is 0 Å². The fraction of sp³-hybridized carbons (Fsp3) is 0.600. The van der Waals surface area contributed by atoms with E-state index < -0.39 is 0 Å². The van der Waals surface area contributed by atoms with Crippen LogP contribution in [0, 0.1) is 6.92 Å². The fourth-order valence-corrected chi connectivity index (χ4v) is 2.24. The highest BCUT2D eigenvalue weighted by Crippen LogP contribution is 2.22. The van der Waals surface area contributed by atoms with Crippen LogP contribution in [0.15, 0.2) is 12.3 Å². The maximum Gasteiger partial charge on any atom is 0.237 e. The second kappa shape index (κ2) is 6.22. The van der Waals surface area contributed by atoms with Gasteiger partial charge in [0.25, 0.3) is 0 Å². The van der Waals surface area contributed by atoms with Crippen LogP contribution >= 0.6 is 0 Å². The number of aryl methyl sites for hydroxylation is 1. The molecule has 1 aromatic heterocycles. The van der Waals surface area contributed by atoms with Crippen LogP contribution in [0.3, 0.4) is 0 Å². The highest BCUT2D eigenvalue weighted by Gasteiger charge is 2.20. The summed E-state index contributed by atoms with van der Waals surface area (Å²) in [5, 5.41) is 3.48. The molecule has 0 spiro atoms. The first-order chi connectivity index (χ1) is 9.47. The quantitative estimate of drug-likeness (QED) is 0.788. The van der Waals surface area contributed by atoms with Crippen LogP contribution in [0.1, 0.15) is 37.8 Å². The van der Waals surface area contributed by atoms with Crippen molar-refractivity contribution in [2.75, 3.05) is 11.4 Å². The molecule has 0 radical (unpaired) electrons. The predicted octanol–water partition coefficient (Wildman–Crippen LogP) is 1.34. The Kier molecular flexibility index (Phi) is 4.60. The van der Waals surface area contributed by atoms with Crippen LogP contribution < -0.4 is 16.0 Å². The number of anilines is 1. The van der Waals surface area contributed by atoms with Gasteiger partial charge in [0, 0.05) is 24.8 Å². The van der Waals surface area contributed by atoms with Crippen molar-refractivity contribution in [3.05, 3.63) is 23.4 Å². The second-order valence-electron chi connectivity index (χ2n) is 5.83. The number of primary amides is 1. The summed E-state index contributed by atoms with van der Waals surface area (Å²) < 4.78 is 0. The molecule has 0 atom stereocenters. The molecule has 1 saturated carbocycles. The number of carbonyl (C=O) groups is 1. The average molecular weight is 276 g/mol. The Labute approximate surface area is 120 Å². The molecule has 0 unspecified atom stereocenters. The molecule has 3 N–H and O–H groups in total. The number of hydrogen-bond acceptors (Lipinski definition) is 4. The maximum atomic E-state index is 11.2. The third-order valence-corrected chi connectivity index (χ3v) is 3.50. The predicted molar refractivity (Wildman–Crippen MR) is 80.5 cm³/mol. The van der Waals surface area contributed by atoms with Crippen molar-refractivity contribution >= 4 is 11.7 Å². The van der Waals surface area contributed by atoms with Gasteiger partial charge in [-0.05, 0) is 50.8 Å². The smallest absolute Gasteiger partial charge is 0.237 e. The van der Waals surface area contributed by atoms with E-state index in [0.29, 0.717) is 6.04 Å². The summed E-state index contributed by atoms with van der Waals surface area (Å²) >= 11 is 0. The van der Waals surface area contributed by atoms with Crippen LogP contribution in [0.25, 0.3) is 0 Å². The summed E-state index contributed by atoms with van der Waals surface area (Å²) in [5.74, 6) is 0.508. The van der Waals surface area contributed by atoms with Crippen molar-refractivity contribution in [3.63, 3.8) is 0 Å². The third kappa shape index (κ3) is 3.93. The second-order valence-corrected chi connectivity index (χ2v) is 5.83. The molecule has 5 nitrogen and oxygen atoms in total. The van der Waals surface area contributed by atoms with Gasteiger partial charge >= 0.3 is 0 Å². The molecule has 1 amide bonds. The number of carbonyl (C=O) groups excluding carboxylic acids is 1. The van der Waals surface area contributed by atoms with Crippen molar-refractivity contribution in [2.45, 2.75) is 52.2 Å². The first-order valence-corrected chi connectivity index (χ1v) is 7.21. The number of aromatic nitrogens is 1. The maximum absolute atomic E-state index is 11.2. The molecule has 1 aliphatic rings. The molecule has 110 valence electrons. The van der Waals surface area contributed by atoms with Gasteiger partial charge in [-0.3, -0.25) is 4.79 Å². The van der Waals surface area contributed by atoms with Gasteiger partial charge in [0.05, 0.1) is 6.54 Å². The summed E-state index contributed by atoms with van der Waals surface area (Å²) in [4.78, 5) is 17.7. The SMILES string of the molecule is Cc1cc(CNC2CC2)cnc1N(CC(N)=O)C(C)C. The summed E-state index contributed by atoms with van der Waals surface area (Å²) in [6.07, 6.45) is 4.45. The van der Waals surface area contributed by atoms with E-state index in [-0.39, 0.29) is 18.5 Å². The minimum Gasteiger partial charge on any atom is -0.368 e. The fourth-order valence-electron chi connectivity index (χ4n) is 2.24. The lowest BCUT2D eigenvalue weighted by Crippen LogP contribution is -2.39. The third-order valence-electron chi connectivity index (χ3n) is 3.50. The highest BCUT2D eigenvalue weighted by atomic mass is 16.1. The minimum atomic E-state index is -0.334. The monoisotopic (exact) mass is 276 g/mol. The molecule has 0 saturated heterocycles. The number of nitrogens with zero attached hydrogens (tertiary/aromatic N) is 2. The molecule has 0 aliphatic heterocycles. The summed E-state index contributed by atoms with van der Waals surface area (Å²) in [5.41, 5.74) is 7.58. The lowest BCUT2D eigenvalue weighted by atomic mass is 10.1. The van der Waals surface area contributed by atoms with Gasteiger partial charge in [-0.15, -0.1) is 0 Å². The van der Waals surface area contributed by atoms with E-state index >= 15 is 0 Å². The lowest BCUT2D eigenvalue weighted by molar-refractivity contribution is -0.116. The van der Waals surface area contributed by atoms with E-state index in [1.54, 1.807) is 0 Å². The van der Waals surface area contributed by atoms with Gasteiger partial charge in [0.1, 0.15) is 5.82 Å². The number of hydrogen-bond donors (Lipinski definition) is 2. The van der Waals surface area contributed by atoms with Crippen molar-refractivity contribution < 1.29 is 4.79 Å². The molecule has 0 aromatic carbocycles. The van der Waals surface area contributed by atoms with Gasteiger partial charge in [-0.25, -0.2) is 4.98 Å². The van der Waals surface area contributed by atoms with Crippen molar-refractivity contribution in [1.82, 2.24) is 10.3 Å². The molecule has 1 aromatic rings. The number of rotatable bonds is 7. The Morgan fingerprint density at radius 1 is 1.55 bits per heavy atom. The largest absolute Gasteiger partial charge is 0.368 e. The Morgan fingerprint density at radius 3 is 2.75 bits per heavy atom. The van der Waals surface area contributed by atoms with Gasteiger partial charge in [0.15, 0.2) is 0 Å². The van der Waals surface area contributed by atoms with Crippen LogP contribution in [-0.4, -0.2) is 29.5 Å². The molecule has 5 heteroatoms. The zero-order valence-corrected chi connectivity index (χ0v) is 12.5. The topological polar surface area (TPSA) is 71.2 Å². The number of amides is 1.